The van der Waals surface area contributed by atoms with E-state index in [-0.39, 0.29) is 11.9 Å². The van der Waals surface area contributed by atoms with Gasteiger partial charge in [-0.05, 0) is 67.9 Å². The number of nitrogens with one attached hydrogen (secondary N) is 3. The number of nitrogens with zero attached hydrogens (tertiary/aromatic N) is 1. The number of hydrogen-bond acceptors (Lipinski definition) is 3. The van der Waals surface area contributed by atoms with E-state index >= 15 is 0 Å². The zero-order valence-corrected chi connectivity index (χ0v) is 19.9. The van der Waals surface area contributed by atoms with Crippen molar-refractivity contribution in [1.82, 2.24) is 5.32 Å². The smallest absolute Gasteiger partial charge is 0.323 e. The van der Waals surface area contributed by atoms with Crippen LogP contribution in [0.3, 0.4) is 0 Å². The maximum atomic E-state index is 13.0. The summed E-state index contributed by atoms with van der Waals surface area (Å²) in [4.78, 5) is 28.0. The summed E-state index contributed by atoms with van der Waals surface area (Å²) in [6.45, 7) is 12.8. The Morgan fingerprint density at radius 1 is 1.03 bits per heavy atom. The minimum atomic E-state index is -0.324. The van der Waals surface area contributed by atoms with E-state index < -0.39 is 0 Å². The first-order chi connectivity index (χ1) is 15.2. The van der Waals surface area contributed by atoms with Gasteiger partial charge in [-0.2, -0.15) is 0 Å². The molecule has 1 heterocycles. The van der Waals surface area contributed by atoms with E-state index in [1.165, 1.54) is 0 Å². The third kappa shape index (κ3) is 6.02. The van der Waals surface area contributed by atoms with E-state index in [0.717, 1.165) is 48.4 Å². The minimum Gasteiger partial charge on any atom is -0.371 e. The van der Waals surface area contributed by atoms with E-state index in [9.17, 15) is 9.59 Å². The maximum Gasteiger partial charge on any atom is 0.323 e. The second kappa shape index (κ2) is 10.5. The average Bonchev–Trinajstić information content (AvgIpc) is 2.75. The van der Waals surface area contributed by atoms with E-state index in [1.54, 1.807) is 6.07 Å². The van der Waals surface area contributed by atoms with E-state index in [0.29, 0.717) is 29.6 Å². The lowest BCUT2D eigenvalue weighted by molar-refractivity contribution is 0.0949. The molecule has 6 nitrogen and oxygen atoms in total. The van der Waals surface area contributed by atoms with Gasteiger partial charge in [0.05, 0.1) is 5.56 Å². The maximum absolute atomic E-state index is 13.0. The number of benzene rings is 2. The number of carbonyl (C=O) groups excluding carboxylic acids is 2. The molecule has 1 saturated heterocycles. The molecule has 2 aromatic carbocycles. The van der Waals surface area contributed by atoms with Crippen LogP contribution in [-0.2, 0) is 0 Å². The lowest BCUT2D eigenvalue weighted by atomic mass is 9.97. The second-order valence-corrected chi connectivity index (χ2v) is 9.35. The van der Waals surface area contributed by atoms with Crippen LogP contribution in [0.25, 0.3) is 0 Å². The Morgan fingerprint density at radius 3 is 2.31 bits per heavy atom. The molecule has 32 heavy (non-hydrogen) atoms. The molecular weight excluding hydrogens is 400 g/mol. The topological polar surface area (TPSA) is 73.5 Å². The summed E-state index contributed by atoms with van der Waals surface area (Å²) in [6, 6.07) is 11.2. The Kier molecular flexibility index (Phi) is 7.78. The first-order valence-electron chi connectivity index (χ1n) is 11.6. The van der Waals surface area contributed by atoms with Crippen molar-refractivity contribution in [2.24, 2.45) is 11.8 Å². The number of urea groups is 1. The Morgan fingerprint density at radius 2 is 1.69 bits per heavy atom. The van der Waals surface area contributed by atoms with Crippen LogP contribution in [0.1, 0.15) is 55.1 Å². The zero-order chi connectivity index (χ0) is 23.3. The van der Waals surface area contributed by atoms with Crippen LogP contribution in [0.5, 0.6) is 0 Å². The van der Waals surface area contributed by atoms with Crippen molar-refractivity contribution in [3.63, 3.8) is 0 Å². The van der Waals surface area contributed by atoms with Gasteiger partial charge in [-0.1, -0.05) is 39.0 Å². The Hall–Kier alpha value is -3.02. The number of rotatable bonds is 6. The normalized spacial score (nSPS) is 14.4. The highest BCUT2D eigenvalue weighted by Gasteiger charge is 2.22. The Bertz CT molecular complexity index is 942. The predicted octanol–water partition coefficient (Wildman–Crippen LogP) is 5.57. The third-order valence-electron chi connectivity index (χ3n) is 6.01. The highest BCUT2D eigenvalue weighted by Crippen LogP contribution is 2.29. The number of anilines is 3. The second-order valence-electron chi connectivity index (χ2n) is 9.35. The fraction of sp³-hybridized carbons (Fsp3) is 0.462. The van der Waals surface area contributed by atoms with Crippen LogP contribution in [0, 0.1) is 25.7 Å². The number of hydrogen-bond donors (Lipinski definition) is 3. The first kappa shape index (κ1) is 23.6. The Balaban J connectivity index is 1.81. The van der Waals surface area contributed by atoms with Gasteiger partial charge in [-0.3, -0.25) is 4.79 Å². The molecular formula is C26H36N4O2. The molecule has 172 valence electrons. The summed E-state index contributed by atoms with van der Waals surface area (Å²) >= 11 is 0. The fourth-order valence-electron chi connectivity index (χ4n) is 4.00. The lowest BCUT2D eigenvalue weighted by Gasteiger charge is -2.33. The van der Waals surface area contributed by atoms with E-state index in [4.69, 9.17) is 0 Å². The van der Waals surface area contributed by atoms with Crippen LogP contribution in [0.15, 0.2) is 36.4 Å². The Labute approximate surface area is 191 Å². The van der Waals surface area contributed by atoms with Crippen molar-refractivity contribution < 1.29 is 9.59 Å². The molecule has 0 unspecified atom stereocenters. The van der Waals surface area contributed by atoms with Crippen LogP contribution in [0.4, 0.5) is 21.9 Å². The van der Waals surface area contributed by atoms with Gasteiger partial charge in [-0.15, -0.1) is 0 Å². The molecule has 3 rings (SSSR count). The minimum absolute atomic E-state index is 0.105. The van der Waals surface area contributed by atoms with Gasteiger partial charge >= 0.3 is 6.03 Å². The summed E-state index contributed by atoms with van der Waals surface area (Å²) in [5.74, 6) is 0.966. The largest absolute Gasteiger partial charge is 0.371 e. The molecule has 2 aromatic rings. The highest BCUT2D eigenvalue weighted by atomic mass is 16.2. The molecule has 1 fully saturated rings. The van der Waals surface area contributed by atoms with Gasteiger partial charge in [0.25, 0.3) is 5.91 Å². The zero-order valence-electron chi connectivity index (χ0n) is 19.9. The van der Waals surface area contributed by atoms with Crippen LogP contribution >= 0.6 is 0 Å². The molecule has 0 aromatic heterocycles. The van der Waals surface area contributed by atoms with Crippen LogP contribution in [0.2, 0.25) is 0 Å². The van der Waals surface area contributed by atoms with Crippen molar-refractivity contribution in [1.29, 1.82) is 0 Å². The molecule has 1 aliphatic rings. The van der Waals surface area contributed by atoms with Crippen molar-refractivity contribution in [3.05, 3.63) is 53.1 Å². The number of aryl methyl sites for hydroxylation is 2. The molecule has 3 amide bonds. The standard InChI is InChI=1S/C26H36N4O2/c1-17(2)16-27-25(31)22-15-21(9-10-23(22)30-13-11-18(3)12-14-30)28-26(32)29-24-19(4)7-6-8-20(24)5/h6-10,15,17-18H,11-14,16H2,1-5H3,(H,27,31)(H2,28,29,32). The number of para-hydroxylation sites is 1. The summed E-state index contributed by atoms with van der Waals surface area (Å²) in [5, 5.41) is 8.86. The average molecular weight is 437 g/mol. The number of amides is 3. The fourth-order valence-corrected chi connectivity index (χ4v) is 4.00. The first-order valence-corrected chi connectivity index (χ1v) is 11.6. The van der Waals surface area contributed by atoms with Crippen molar-refractivity contribution in [3.8, 4) is 0 Å². The van der Waals surface area contributed by atoms with Crippen molar-refractivity contribution >= 4 is 29.0 Å². The monoisotopic (exact) mass is 436 g/mol. The molecule has 0 saturated carbocycles. The molecule has 0 atom stereocenters. The predicted molar refractivity (Wildman–Crippen MR) is 133 cm³/mol. The third-order valence-corrected chi connectivity index (χ3v) is 6.01. The highest BCUT2D eigenvalue weighted by molar-refractivity contribution is 6.04. The van der Waals surface area contributed by atoms with Crippen LogP contribution in [-0.4, -0.2) is 31.6 Å². The molecule has 0 aliphatic carbocycles. The van der Waals surface area contributed by atoms with Gasteiger partial charge in [0.1, 0.15) is 0 Å². The quantitative estimate of drug-likeness (QED) is 0.554. The van der Waals surface area contributed by atoms with E-state index in [1.807, 2.05) is 44.2 Å². The summed E-state index contributed by atoms with van der Waals surface area (Å²) in [6.07, 6.45) is 2.23. The lowest BCUT2D eigenvalue weighted by Crippen LogP contribution is -2.35. The molecule has 3 N–H and O–H groups in total. The molecule has 1 aliphatic heterocycles. The van der Waals surface area contributed by atoms with Crippen LogP contribution < -0.4 is 20.9 Å². The van der Waals surface area contributed by atoms with Crippen molar-refractivity contribution in [2.45, 2.75) is 47.5 Å². The van der Waals surface area contributed by atoms with Gasteiger partial charge < -0.3 is 20.9 Å². The van der Waals surface area contributed by atoms with Gasteiger partial charge in [0.15, 0.2) is 0 Å². The summed E-state index contributed by atoms with van der Waals surface area (Å²) in [7, 11) is 0. The summed E-state index contributed by atoms with van der Waals surface area (Å²) < 4.78 is 0. The molecule has 6 heteroatoms. The number of piperidine rings is 1. The van der Waals surface area contributed by atoms with E-state index in [2.05, 4.69) is 41.6 Å². The van der Waals surface area contributed by atoms with Gasteiger partial charge in [0, 0.05) is 36.7 Å². The molecule has 0 radical (unpaired) electrons. The van der Waals surface area contributed by atoms with Crippen molar-refractivity contribution in [2.75, 3.05) is 35.2 Å². The van der Waals surface area contributed by atoms with Gasteiger partial charge in [-0.25, -0.2) is 4.79 Å². The number of carbonyl (C=O) groups is 2. The molecule has 0 bridgehead atoms. The summed E-state index contributed by atoms with van der Waals surface area (Å²) in [5.41, 5.74) is 4.94. The molecule has 0 spiro atoms. The van der Waals surface area contributed by atoms with Gasteiger partial charge in [0.2, 0.25) is 0 Å². The SMILES string of the molecule is Cc1cccc(C)c1NC(=O)Nc1ccc(N2CCC(C)CC2)c(C(=O)NCC(C)C)c1.